The molecule has 4 heterocycles. The predicted molar refractivity (Wildman–Crippen MR) is 128 cm³/mol. The second-order valence-electron chi connectivity index (χ2n) is 9.77. The molecular weight excluding hydrogens is 471 g/mol. The molecule has 0 bridgehead atoms. The van der Waals surface area contributed by atoms with E-state index >= 15 is 0 Å². The van der Waals surface area contributed by atoms with Crippen LogP contribution >= 0.6 is 0 Å². The number of rotatable bonds is 5. The maximum absolute atomic E-state index is 13.4. The second-order valence-corrected chi connectivity index (χ2v) is 9.77. The number of anilines is 1. The van der Waals surface area contributed by atoms with Crippen LogP contribution in [0.2, 0.25) is 0 Å². The monoisotopic (exact) mass is 501 g/mol. The summed E-state index contributed by atoms with van der Waals surface area (Å²) in [5, 5.41) is 2.93. The number of alkyl halides is 3. The van der Waals surface area contributed by atoms with Crippen molar-refractivity contribution in [2.24, 2.45) is 5.92 Å². The number of carbonyl (C=O) groups excluding carboxylic acids is 2. The number of hydrogen-bond acceptors (Lipinski definition) is 5. The third-order valence-electron chi connectivity index (χ3n) is 7.45. The van der Waals surface area contributed by atoms with Crippen molar-refractivity contribution in [1.82, 2.24) is 20.1 Å². The van der Waals surface area contributed by atoms with E-state index in [0.29, 0.717) is 37.4 Å². The summed E-state index contributed by atoms with van der Waals surface area (Å²) in [6.07, 6.45) is -0.538. The molecule has 2 unspecified atom stereocenters. The van der Waals surface area contributed by atoms with E-state index in [1.165, 1.54) is 12.1 Å². The molecule has 0 aliphatic carbocycles. The van der Waals surface area contributed by atoms with Gasteiger partial charge in [-0.25, -0.2) is 0 Å². The zero-order valence-electron chi connectivity index (χ0n) is 20.0. The zero-order chi connectivity index (χ0) is 25.3. The maximum Gasteiger partial charge on any atom is 0.416 e. The molecule has 5 rings (SSSR count). The molecule has 2 amide bonds. The molecule has 0 saturated carbocycles. The smallest absolute Gasteiger partial charge is 0.365 e. The van der Waals surface area contributed by atoms with E-state index in [1.54, 1.807) is 12.3 Å². The Morgan fingerprint density at radius 3 is 2.58 bits per heavy atom. The Kier molecular flexibility index (Phi) is 6.87. The number of carbonyl (C=O) groups is 2. The van der Waals surface area contributed by atoms with E-state index in [-0.39, 0.29) is 30.8 Å². The summed E-state index contributed by atoms with van der Waals surface area (Å²) < 4.78 is 40.2. The number of halogens is 3. The first-order chi connectivity index (χ1) is 17.3. The SMILES string of the molecule is O=C(NCc1ccccn1)C1Cc2cc(C(F)(F)F)ccc2N2CCN(CC(=O)N3CCCC3)CC12. The molecule has 3 aliphatic heterocycles. The standard InChI is InChI=1S/C26H30F3N5O2/c27-26(28,29)19-6-7-22-18(13-19)14-21(25(36)31-15-20-5-1-2-8-30-20)23-16-32(11-12-34(22)23)17-24(35)33-9-3-4-10-33/h1-2,5-8,13,21,23H,3-4,9-12,14-17H2,(H,31,36). The highest BCUT2D eigenvalue weighted by Gasteiger charge is 2.43. The average Bonchev–Trinajstić information content (AvgIpc) is 3.42. The van der Waals surface area contributed by atoms with Gasteiger partial charge in [0.2, 0.25) is 11.8 Å². The summed E-state index contributed by atoms with van der Waals surface area (Å²) in [6.45, 7) is 3.77. The lowest BCUT2D eigenvalue weighted by Crippen LogP contribution is -2.62. The number of aromatic nitrogens is 1. The van der Waals surface area contributed by atoms with Gasteiger partial charge in [0.15, 0.2) is 0 Å². The van der Waals surface area contributed by atoms with Crippen molar-refractivity contribution in [2.45, 2.75) is 38.0 Å². The fraction of sp³-hybridized carbons (Fsp3) is 0.500. The summed E-state index contributed by atoms with van der Waals surface area (Å²) in [5.41, 5.74) is 1.27. The van der Waals surface area contributed by atoms with Crippen LogP contribution in [0.3, 0.4) is 0 Å². The molecule has 2 fully saturated rings. The van der Waals surface area contributed by atoms with Gasteiger partial charge in [0, 0.05) is 44.6 Å². The Labute approximate surface area is 208 Å². The molecular formula is C26H30F3N5O2. The van der Waals surface area contributed by atoms with Gasteiger partial charge in [0.05, 0.1) is 36.3 Å². The highest BCUT2D eigenvalue weighted by Crippen LogP contribution is 2.39. The number of pyridine rings is 1. The van der Waals surface area contributed by atoms with Crippen molar-refractivity contribution in [1.29, 1.82) is 0 Å². The largest absolute Gasteiger partial charge is 0.416 e. The van der Waals surface area contributed by atoms with Gasteiger partial charge in [-0.05, 0) is 55.2 Å². The van der Waals surface area contributed by atoms with E-state index in [9.17, 15) is 22.8 Å². The molecule has 2 aromatic rings. The third-order valence-corrected chi connectivity index (χ3v) is 7.45. The number of likely N-dealkylation sites (tertiary alicyclic amines) is 1. The molecule has 2 saturated heterocycles. The molecule has 10 heteroatoms. The first-order valence-electron chi connectivity index (χ1n) is 12.4. The van der Waals surface area contributed by atoms with Gasteiger partial charge >= 0.3 is 6.18 Å². The van der Waals surface area contributed by atoms with E-state index in [1.807, 2.05) is 17.0 Å². The molecule has 0 spiro atoms. The van der Waals surface area contributed by atoms with Gasteiger partial charge < -0.3 is 15.1 Å². The summed E-state index contributed by atoms with van der Waals surface area (Å²) in [7, 11) is 0. The van der Waals surface area contributed by atoms with E-state index < -0.39 is 17.7 Å². The van der Waals surface area contributed by atoms with Gasteiger partial charge in [-0.15, -0.1) is 0 Å². The van der Waals surface area contributed by atoms with Gasteiger partial charge in [0.1, 0.15) is 0 Å². The van der Waals surface area contributed by atoms with E-state index in [0.717, 1.165) is 37.7 Å². The van der Waals surface area contributed by atoms with E-state index in [4.69, 9.17) is 0 Å². The van der Waals surface area contributed by atoms with E-state index in [2.05, 4.69) is 20.1 Å². The first kappa shape index (κ1) is 24.5. The van der Waals surface area contributed by atoms with Crippen LogP contribution in [0, 0.1) is 5.92 Å². The number of benzene rings is 1. The van der Waals surface area contributed by atoms with Gasteiger partial charge in [-0.3, -0.25) is 19.5 Å². The number of hydrogen-bond donors (Lipinski definition) is 1. The molecule has 0 radical (unpaired) electrons. The molecule has 3 aliphatic rings. The summed E-state index contributed by atoms with van der Waals surface area (Å²) in [5.74, 6) is -0.663. The molecule has 2 atom stereocenters. The number of amides is 2. The Morgan fingerprint density at radius 1 is 1.06 bits per heavy atom. The fourth-order valence-electron chi connectivity index (χ4n) is 5.57. The molecule has 36 heavy (non-hydrogen) atoms. The number of fused-ring (bicyclic) bond motifs is 3. The Hall–Kier alpha value is -3.14. The van der Waals surface area contributed by atoms with Gasteiger partial charge in [-0.1, -0.05) is 6.07 Å². The fourth-order valence-corrected chi connectivity index (χ4v) is 5.57. The Bertz CT molecular complexity index is 1100. The summed E-state index contributed by atoms with van der Waals surface area (Å²) >= 11 is 0. The molecule has 192 valence electrons. The Morgan fingerprint density at radius 2 is 1.86 bits per heavy atom. The quantitative estimate of drug-likeness (QED) is 0.683. The lowest BCUT2D eigenvalue weighted by Gasteiger charge is -2.49. The lowest BCUT2D eigenvalue weighted by atomic mass is 9.82. The topological polar surface area (TPSA) is 68.8 Å². The minimum Gasteiger partial charge on any atom is -0.365 e. The number of nitrogens with one attached hydrogen (secondary N) is 1. The summed E-state index contributed by atoms with van der Waals surface area (Å²) in [4.78, 5) is 36.4. The third kappa shape index (κ3) is 5.18. The molecule has 1 aromatic carbocycles. The van der Waals surface area contributed by atoms with Crippen LogP contribution in [0.1, 0.15) is 29.7 Å². The average molecular weight is 502 g/mol. The second kappa shape index (κ2) is 10.1. The van der Waals surface area contributed by atoms with Crippen molar-refractivity contribution in [3.05, 3.63) is 59.4 Å². The van der Waals surface area contributed by atoms with Crippen LogP contribution in [0.15, 0.2) is 42.6 Å². The van der Waals surface area contributed by atoms with Crippen LogP contribution in [-0.4, -0.2) is 71.9 Å². The highest BCUT2D eigenvalue weighted by atomic mass is 19.4. The van der Waals surface area contributed by atoms with Crippen LogP contribution < -0.4 is 10.2 Å². The predicted octanol–water partition coefficient (Wildman–Crippen LogP) is 2.70. The Balaban J connectivity index is 1.37. The van der Waals surface area contributed by atoms with Crippen molar-refractivity contribution in [2.75, 3.05) is 44.2 Å². The van der Waals surface area contributed by atoms with Crippen LogP contribution in [0.25, 0.3) is 0 Å². The zero-order valence-corrected chi connectivity index (χ0v) is 20.0. The van der Waals surface area contributed by atoms with Crippen molar-refractivity contribution in [3.63, 3.8) is 0 Å². The molecule has 1 aromatic heterocycles. The van der Waals surface area contributed by atoms with Crippen molar-refractivity contribution < 1.29 is 22.8 Å². The number of nitrogens with zero attached hydrogens (tertiary/aromatic N) is 4. The maximum atomic E-state index is 13.4. The first-order valence-corrected chi connectivity index (χ1v) is 12.4. The highest BCUT2D eigenvalue weighted by molar-refractivity contribution is 5.82. The molecule has 1 N–H and O–H groups in total. The summed E-state index contributed by atoms with van der Waals surface area (Å²) in [6, 6.07) is 9.01. The minimum atomic E-state index is -4.45. The van der Waals surface area contributed by atoms with Crippen molar-refractivity contribution >= 4 is 17.5 Å². The molecule has 7 nitrogen and oxygen atoms in total. The van der Waals surface area contributed by atoms with Crippen LogP contribution in [0.4, 0.5) is 18.9 Å². The van der Waals surface area contributed by atoms with Gasteiger partial charge in [0.25, 0.3) is 0 Å². The van der Waals surface area contributed by atoms with Gasteiger partial charge in [-0.2, -0.15) is 13.2 Å². The van der Waals surface area contributed by atoms with Crippen molar-refractivity contribution in [3.8, 4) is 0 Å². The van der Waals surface area contributed by atoms with Crippen LogP contribution in [0.5, 0.6) is 0 Å². The normalized spacial score (nSPS) is 22.2. The minimum absolute atomic E-state index is 0.100. The lowest BCUT2D eigenvalue weighted by molar-refractivity contribution is -0.137. The van der Waals surface area contributed by atoms with Crippen LogP contribution in [-0.2, 0) is 28.7 Å². The number of piperazine rings is 1.